The Morgan fingerprint density at radius 3 is 2.64 bits per heavy atom. The molecule has 2 N–H and O–H groups in total. The largest absolute Gasteiger partial charge is 0.496 e. The Labute approximate surface area is 132 Å². The summed E-state index contributed by atoms with van der Waals surface area (Å²) in [7, 11) is 1.66. The topological polar surface area (TPSA) is 58.6 Å². The van der Waals surface area contributed by atoms with Crippen LogP contribution < -0.4 is 10.1 Å². The Kier molecular flexibility index (Phi) is 6.25. The van der Waals surface area contributed by atoms with Crippen LogP contribution in [0.2, 0.25) is 0 Å². The molecule has 4 heteroatoms. The highest BCUT2D eigenvalue weighted by molar-refractivity contribution is 5.77. The third kappa shape index (κ3) is 4.47. The van der Waals surface area contributed by atoms with Gasteiger partial charge < -0.3 is 15.2 Å². The first-order valence-electron chi connectivity index (χ1n) is 8.17. The van der Waals surface area contributed by atoms with Gasteiger partial charge in [-0.15, -0.1) is 0 Å². The number of nitrogens with one attached hydrogen (secondary N) is 1. The van der Waals surface area contributed by atoms with Crippen LogP contribution in [0.3, 0.4) is 0 Å². The van der Waals surface area contributed by atoms with E-state index in [2.05, 4.69) is 12.2 Å². The number of rotatable bonds is 6. The SMILES string of the molecule is COc1ccccc1C(C)CC(=O)NC1CCC(CO)CC1. The fourth-order valence-electron chi connectivity index (χ4n) is 3.24. The van der Waals surface area contributed by atoms with Crippen molar-refractivity contribution < 1.29 is 14.6 Å². The van der Waals surface area contributed by atoms with E-state index in [1.165, 1.54) is 0 Å². The number of methoxy groups -OCH3 is 1. The normalized spacial score (nSPS) is 22.9. The number of carbonyl (C=O) groups is 1. The van der Waals surface area contributed by atoms with Crippen LogP contribution in [0, 0.1) is 5.92 Å². The van der Waals surface area contributed by atoms with Crippen LogP contribution in [0.15, 0.2) is 24.3 Å². The van der Waals surface area contributed by atoms with Gasteiger partial charge in [-0.25, -0.2) is 0 Å². The fraction of sp³-hybridized carbons (Fsp3) is 0.611. The van der Waals surface area contributed by atoms with Crippen LogP contribution in [0.25, 0.3) is 0 Å². The zero-order valence-corrected chi connectivity index (χ0v) is 13.5. The molecular formula is C18H27NO3. The third-order valence-electron chi connectivity index (χ3n) is 4.63. The summed E-state index contributed by atoms with van der Waals surface area (Å²) in [6.45, 7) is 2.32. The standard InChI is InChI=1S/C18H27NO3/c1-13(16-5-3-4-6-17(16)22-2)11-18(21)19-15-9-7-14(12-20)8-10-15/h3-6,13-15,20H,7-12H2,1-2H3,(H,19,21). The molecule has 1 aromatic rings. The second kappa shape index (κ2) is 8.18. The number of hydrogen-bond acceptors (Lipinski definition) is 3. The molecule has 0 radical (unpaired) electrons. The lowest BCUT2D eigenvalue weighted by molar-refractivity contribution is -0.122. The molecule has 1 unspecified atom stereocenters. The van der Waals surface area contributed by atoms with E-state index < -0.39 is 0 Å². The van der Waals surface area contributed by atoms with Crippen LogP contribution in [0.1, 0.15) is 50.5 Å². The van der Waals surface area contributed by atoms with Crippen molar-refractivity contribution in [1.29, 1.82) is 0 Å². The number of benzene rings is 1. The number of carbonyl (C=O) groups excluding carboxylic acids is 1. The van der Waals surface area contributed by atoms with E-state index in [1.807, 2.05) is 24.3 Å². The van der Waals surface area contributed by atoms with E-state index in [0.29, 0.717) is 12.3 Å². The molecule has 1 atom stereocenters. The van der Waals surface area contributed by atoms with E-state index >= 15 is 0 Å². The van der Waals surface area contributed by atoms with Crippen molar-refractivity contribution in [2.24, 2.45) is 5.92 Å². The van der Waals surface area contributed by atoms with Gasteiger partial charge in [0.05, 0.1) is 7.11 Å². The van der Waals surface area contributed by atoms with E-state index in [4.69, 9.17) is 9.84 Å². The van der Waals surface area contributed by atoms with Crippen molar-refractivity contribution in [3.05, 3.63) is 29.8 Å². The molecule has 22 heavy (non-hydrogen) atoms. The second-order valence-electron chi connectivity index (χ2n) is 6.31. The average molecular weight is 305 g/mol. The van der Waals surface area contributed by atoms with Gasteiger partial charge in [-0.3, -0.25) is 4.79 Å². The number of para-hydroxylation sites is 1. The summed E-state index contributed by atoms with van der Waals surface area (Å²) in [5.41, 5.74) is 1.07. The van der Waals surface area contributed by atoms with Crippen LogP contribution >= 0.6 is 0 Å². The van der Waals surface area contributed by atoms with E-state index in [0.717, 1.165) is 37.0 Å². The summed E-state index contributed by atoms with van der Waals surface area (Å²) >= 11 is 0. The first kappa shape index (κ1) is 16.8. The minimum atomic E-state index is 0.103. The fourth-order valence-corrected chi connectivity index (χ4v) is 3.24. The van der Waals surface area contributed by atoms with E-state index in [-0.39, 0.29) is 24.5 Å². The van der Waals surface area contributed by atoms with Crippen molar-refractivity contribution in [3.8, 4) is 5.75 Å². The quantitative estimate of drug-likeness (QED) is 0.849. The van der Waals surface area contributed by atoms with Crippen molar-refractivity contribution in [3.63, 3.8) is 0 Å². The Morgan fingerprint density at radius 1 is 1.32 bits per heavy atom. The van der Waals surface area contributed by atoms with Gasteiger partial charge in [-0.2, -0.15) is 0 Å². The first-order valence-corrected chi connectivity index (χ1v) is 8.17. The van der Waals surface area contributed by atoms with Gasteiger partial charge in [0, 0.05) is 19.1 Å². The van der Waals surface area contributed by atoms with Gasteiger partial charge in [0.2, 0.25) is 5.91 Å². The first-order chi connectivity index (χ1) is 10.6. The summed E-state index contributed by atoms with van der Waals surface area (Å²) in [6.07, 6.45) is 4.42. The number of aliphatic hydroxyl groups excluding tert-OH is 1. The summed E-state index contributed by atoms with van der Waals surface area (Å²) < 4.78 is 5.37. The van der Waals surface area contributed by atoms with Gasteiger partial charge in [-0.05, 0) is 49.1 Å². The molecule has 2 rings (SSSR count). The van der Waals surface area contributed by atoms with Gasteiger partial charge in [0.1, 0.15) is 5.75 Å². The Morgan fingerprint density at radius 2 is 2.00 bits per heavy atom. The van der Waals surface area contributed by atoms with Crippen molar-refractivity contribution in [2.45, 2.75) is 51.0 Å². The molecule has 1 aromatic carbocycles. The van der Waals surface area contributed by atoms with Crippen LogP contribution in [0.4, 0.5) is 0 Å². The molecule has 1 saturated carbocycles. The minimum absolute atomic E-state index is 0.103. The number of aliphatic hydroxyl groups is 1. The summed E-state index contributed by atoms with van der Waals surface area (Å²) in [5, 5.41) is 12.3. The monoisotopic (exact) mass is 305 g/mol. The van der Waals surface area contributed by atoms with Crippen LogP contribution in [-0.2, 0) is 4.79 Å². The zero-order valence-electron chi connectivity index (χ0n) is 13.5. The summed E-state index contributed by atoms with van der Waals surface area (Å²) in [6, 6.07) is 8.13. The van der Waals surface area contributed by atoms with Crippen molar-refractivity contribution in [2.75, 3.05) is 13.7 Å². The maximum Gasteiger partial charge on any atom is 0.220 e. The third-order valence-corrected chi connectivity index (χ3v) is 4.63. The lowest BCUT2D eigenvalue weighted by Gasteiger charge is -2.28. The molecule has 1 aliphatic rings. The Balaban J connectivity index is 1.84. The van der Waals surface area contributed by atoms with Gasteiger partial charge in [-0.1, -0.05) is 25.1 Å². The lowest BCUT2D eigenvalue weighted by Crippen LogP contribution is -2.38. The second-order valence-corrected chi connectivity index (χ2v) is 6.31. The van der Waals surface area contributed by atoms with Crippen molar-refractivity contribution in [1.82, 2.24) is 5.32 Å². The zero-order chi connectivity index (χ0) is 15.9. The molecule has 4 nitrogen and oxygen atoms in total. The smallest absolute Gasteiger partial charge is 0.220 e. The molecule has 0 bridgehead atoms. The molecular weight excluding hydrogens is 278 g/mol. The highest BCUT2D eigenvalue weighted by Crippen LogP contribution is 2.29. The lowest BCUT2D eigenvalue weighted by atomic mass is 9.86. The maximum absolute atomic E-state index is 12.2. The number of ether oxygens (including phenoxy) is 1. The minimum Gasteiger partial charge on any atom is -0.496 e. The molecule has 1 aliphatic carbocycles. The van der Waals surface area contributed by atoms with Gasteiger partial charge in [0.15, 0.2) is 0 Å². The number of hydrogen-bond donors (Lipinski definition) is 2. The van der Waals surface area contributed by atoms with E-state index in [9.17, 15) is 4.79 Å². The molecule has 1 amide bonds. The molecule has 0 saturated heterocycles. The molecule has 0 aliphatic heterocycles. The summed E-state index contributed by atoms with van der Waals surface area (Å²) in [5.74, 6) is 1.49. The highest BCUT2D eigenvalue weighted by atomic mass is 16.5. The molecule has 0 aromatic heterocycles. The van der Waals surface area contributed by atoms with E-state index in [1.54, 1.807) is 7.11 Å². The van der Waals surface area contributed by atoms with Gasteiger partial charge >= 0.3 is 0 Å². The molecule has 1 fully saturated rings. The average Bonchev–Trinajstić information content (AvgIpc) is 2.55. The van der Waals surface area contributed by atoms with Crippen molar-refractivity contribution >= 4 is 5.91 Å². The molecule has 0 spiro atoms. The predicted molar refractivity (Wildman–Crippen MR) is 87.0 cm³/mol. The van der Waals surface area contributed by atoms with Crippen LogP contribution in [0.5, 0.6) is 5.75 Å². The molecule has 0 heterocycles. The Hall–Kier alpha value is -1.55. The highest BCUT2D eigenvalue weighted by Gasteiger charge is 2.23. The van der Waals surface area contributed by atoms with Crippen LogP contribution in [-0.4, -0.2) is 30.8 Å². The number of amides is 1. The molecule has 122 valence electrons. The maximum atomic E-state index is 12.2. The van der Waals surface area contributed by atoms with Gasteiger partial charge in [0.25, 0.3) is 0 Å². The predicted octanol–water partition coefficient (Wildman–Crippen LogP) is 2.86. The summed E-state index contributed by atoms with van der Waals surface area (Å²) in [4.78, 5) is 12.2. The Bertz CT molecular complexity index is 481.